The first-order valence-electron chi connectivity index (χ1n) is 7.11. The zero-order valence-corrected chi connectivity index (χ0v) is 13.0. The summed E-state index contributed by atoms with van der Waals surface area (Å²) in [6.07, 6.45) is -3.13. The highest BCUT2D eigenvalue weighted by molar-refractivity contribution is 5.91. The first-order chi connectivity index (χ1) is 11.9. The summed E-state index contributed by atoms with van der Waals surface area (Å²) >= 11 is 0. The molecule has 0 aliphatic carbocycles. The first kappa shape index (κ1) is 18.1. The molecule has 130 valence electrons. The molecular weight excluding hydrogens is 337 g/mol. The third-order valence-corrected chi connectivity index (χ3v) is 2.75. The maximum atomic E-state index is 13.0. The standard InChI is InChI=1S/C16H13F3N4O2/c1-2-24-14-9-11(8-13(23-14)16(17,18)19)22-15(21-10-20)25-12-6-4-3-5-7-12/h3-9H,2H2,1H3,(H,21,22,23). The summed E-state index contributed by atoms with van der Waals surface area (Å²) in [5.74, 6) is 0.148. The number of aromatic nitrogens is 1. The van der Waals surface area contributed by atoms with Crippen LogP contribution >= 0.6 is 0 Å². The Bertz CT molecular complexity index is 786. The van der Waals surface area contributed by atoms with Gasteiger partial charge in [0, 0.05) is 11.8 Å². The van der Waals surface area contributed by atoms with Crippen LogP contribution in [0.3, 0.4) is 0 Å². The molecule has 1 N–H and O–H groups in total. The van der Waals surface area contributed by atoms with E-state index in [0.29, 0.717) is 5.75 Å². The smallest absolute Gasteiger partial charge is 0.433 e. The number of ether oxygens (including phenoxy) is 2. The van der Waals surface area contributed by atoms with Crippen LogP contribution in [0, 0.1) is 11.5 Å². The van der Waals surface area contributed by atoms with E-state index in [2.05, 4.69) is 15.3 Å². The molecule has 1 heterocycles. The number of nitriles is 1. The third-order valence-electron chi connectivity index (χ3n) is 2.75. The van der Waals surface area contributed by atoms with Gasteiger partial charge >= 0.3 is 12.2 Å². The van der Waals surface area contributed by atoms with Gasteiger partial charge in [-0.05, 0) is 25.1 Å². The van der Waals surface area contributed by atoms with Crippen molar-refractivity contribution in [3.05, 3.63) is 48.2 Å². The SMILES string of the molecule is CCOc1cc(N/C(=N/C#N)Oc2ccccc2)cc(C(F)(F)F)n1. The van der Waals surface area contributed by atoms with Gasteiger partial charge in [0.25, 0.3) is 0 Å². The molecule has 0 unspecified atom stereocenters. The second-order valence-electron chi connectivity index (χ2n) is 4.57. The van der Waals surface area contributed by atoms with Gasteiger partial charge in [0.15, 0.2) is 5.69 Å². The van der Waals surface area contributed by atoms with Crippen LogP contribution in [0.25, 0.3) is 0 Å². The molecular formula is C16H13F3N4O2. The van der Waals surface area contributed by atoms with E-state index in [1.54, 1.807) is 37.3 Å². The van der Waals surface area contributed by atoms with Crippen molar-refractivity contribution in [2.75, 3.05) is 11.9 Å². The number of para-hydroxylation sites is 1. The average molecular weight is 350 g/mol. The van der Waals surface area contributed by atoms with Gasteiger partial charge in [-0.15, -0.1) is 4.99 Å². The summed E-state index contributed by atoms with van der Waals surface area (Å²) in [6.45, 7) is 1.77. The maximum Gasteiger partial charge on any atom is 0.433 e. The Morgan fingerprint density at radius 2 is 2.00 bits per heavy atom. The Hall–Kier alpha value is -3.28. The lowest BCUT2D eigenvalue weighted by atomic mass is 10.3. The molecule has 0 amide bonds. The number of halogens is 3. The number of pyridine rings is 1. The summed E-state index contributed by atoms with van der Waals surface area (Å²) < 4.78 is 49.3. The van der Waals surface area contributed by atoms with Gasteiger partial charge < -0.3 is 14.8 Å². The Kier molecular flexibility index (Phi) is 5.79. The number of hydrogen-bond acceptors (Lipinski definition) is 5. The number of anilines is 1. The lowest BCUT2D eigenvalue weighted by Crippen LogP contribution is -2.20. The molecule has 0 spiro atoms. The average Bonchev–Trinajstić information content (AvgIpc) is 2.55. The first-order valence-corrected chi connectivity index (χ1v) is 7.11. The normalized spacial score (nSPS) is 11.6. The number of benzene rings is 1. The van der Waals surface area contributed by atoms with Crippen molar-refractivity contribution >= 4 is 11.7 Å². The number of rotatable bonds is 4. The van der Waals surface area contributed by atoms with Crippen LogP contribution in [-0.2, 0) is 6.18 Å². The summed E-state index contributed by atoms with van der Waals surface area (Å²) in [5.41, 5.74) is -1.17. The Labute approximate surface area is 141 Å². The number of alkyl halides is 3. The van der Waals surface area contributed by atoms with Crippen molar-refractivity contribution < 1.29 is 22.6 Å². The summed E-state index contributed by atoms with van der Waals surface area (Å²) in [6, 6.07) is 10.1. The van der Waals surface area contributed by atoms with Crippen molar-refractivity contribution in [2.45, 2.75) is 13.1 Å². The van der Waals surface area contributed by atoms with Crippen LogP contribution in [-0.4, -0.2) is 17.6 Å². The molecule has 2 aromatic rings. The van der Waals surface area contributed by atoms with E-state index in [0.717, 1.165) is 6.07 Å². The minimum atomic E-state index is -4.66. The lowest BCUT2D eigenvalue weighted by molar-refractivity contribution is -0.141. The van der Waals surface area contributed by atoms with Gasteiger partial charge in [-0.25, -0.2) is 4.98 Å². The second kappa shape index (κ2) is 8.01. The summed E-state index contributed by atoms with van der Waals surface area (Å²) in [5, 5.41) is 11.3. The monoisotopic (exact) mass is 350 g/mol. The summed E-state index contributed by atoms with van der Waals surface area (Å²) in [4.78, 5) is 6.83. The number of hydrogen-bond donors (Lipinski definition) is 1. The highest BCUT2D eigenvalue weighted by atomic mass is 19.4. The molecule has 1 aromatic carbocycles. The van der Waals surface area contributed by atoms with Crippen LogP contribution in [0.4, 0.5) is 18.9 Å². The Morgan fingerprint density at radius 3 is 2.60 bits per heavy atom. The van der Waals surface area contributed by atoms with Gasteiger partial charge in [0.05, 0.1) is 6.61 Å². The fraction of sp³-hybridized carbons (Fsp3) is 0.188. The fourth-order valence-corrected chi connectivity index (χ4v) is 1.79. The molecule has 0 radical (unpaired) electrons. The topological polar surface area (TPSA) is 79.5 Å². The van der Waals surface area contributed by atoms with Crippen molar-refractivity contribution in [1.82, 2.24) is 4.98 Å². The summed E-state index contributed by atoms with van der Waals surface area (Å²) in [7, 11) is 0. The Morgan fingerprint density at radius 1 is 1.28 bits per heavy atom. The van der Waals surface area contributed by atoms with E-state index in [9.17, 15) is 13.2 Å². The molecule has 2 rings (SSSR count). The quantitative estimate of drug-likeness (QED) is 0.515. The van der Waals surface area contributed by atoms with Crippen molar-refractivity contribution in [3.63, 3.8) is 0 Å². The van der Waals surface area contributed by atoms with E-state index in [1.165, 1.54) is 12.3 Å². The molecule has 0 fully saturated rings. The second-order valence-corrected chi connectivity index (χ2v) is 4.57. The largest absolute Gasteiger partial charge is 0.478 e. The van der Waals surface area contributed by atoms with E-state index in [-0.39, 0.29) is 24.2 Å². The molecule has 0 aliphatic rings. The number of nitrogens with one attached hydrogen (secondary N) is 1. The van der Waals surface area contributed by atoms with Crippen LogP contribution in [0.1, 0.15) is 12.6 Å². The molecule has 0 saturated carbocycles. The van der Waals surface area contributed by atoms with Gasteiger partial charge in [-0.1, -0.05) is 18.2 Å². The van der Waals surface area contributed by atoms with Gasteiger partial charge in [0.1, 0.15) is 5.75 Å². The predicted octanol–water partition coefficient (Wildman–Crippen LogP) is 3.83. The molecule has 25 heavy (non-hydrogen) atoms. The van der Waals surface area contributed by atoms with Crippen LogP contribution in [0.5, 0.6) is 11.6 Å². The molecule has 0 bridgehead atoms. The van der Waals surface area contributed by atoms with Gasteiger partial charge in [-0.2, -0.15) is 18.4 Å². The zero-order chi connectivity index (χ0) is 18.3. The minimum Gasteiger partial charge on any atom is -0.478 e. The highest BCUT2D eigenvalue weighted by Gasteiger charge is 2.33. The van der Waals surface area contributed by atoms with E-state index in [4.69, 9.17) is 14.7 Å². The molecule has 1 aromatic heterocycles. The van der Waals surface area contributed by atoms with Crippen LogP contribution < -0.4 is 14.8 Å². The third kappa shape index (κ3) is 5.39. The van der Waals surface area contributed by atoms with Crippen molar-refractivity contribution in [1.29, 1.82) is 5.26 Å². The predicted molar refractivity (Wildman–Crippen MR) is 84.1 cm³/mol. The van der Waals surface area contributed by atoms with E-state index < -0.39 is 11.9 Å². The number of amidine groups is 1. The molecule has 0 aliphatic heterocycles. The Balaban J connectivity index is 2.30. The van der Waals surface area contributed by atoms with E-state index in [1.807, 2.05) is 0 Å². The fourth-order valence-electron chi connectivity index (χ4n) is 1.79. The van der Waals surface area contributed by atoms with Gasteiger partial charge in [-0.3, -0.25) is 0 Å². The molecule has 6 nitrogen and oxygen atoms in total. The van der Waals surface area contributed by atoms with Crippen LogP contribution in [0.15, 0.2) is 47.5 Å². The minimum absolute atomic E-state index is 0.0318. The highest BCUT2D eigenvalue weighted by Crippen LogP contribution is 2.31. The van der Waals surface area contributed by atoms with Crippen LogP contribution in [0.2, 0.25) is 0 Å². The lowest BCUT2D eigenvalue weighted by Gasteiger charge is -2.13. The molecule has 0 atom stereocenters. The zero-order valence-electron chi connectivity index (χ0n) is 13.0. The number of nitrogens with zero attached hydrogens (tertiary/aromatic N) is 3. The molecule has 0 saturated heterocycles. The maximum absolute atomic E-state index is 13.0. The van der Waals surface area contributed by atoms with Crippen molar-refractivity contribution in [2.24, 2.45) is 4.99 Å². The van der Waals surface area contributed by atoms with E-state index >= 15 is 0 Å². The number of aliphatic imine (C=N–C) groups is 1. The van der Waals surface area contributed by atoms with Gasteiger partial charge in [0.2, 0.25) is 12.1 Å². The molecule has 9 heteroatoms. The van der Waals surface area contributed by atoms with Crippen molar-refractivity contribution in [3.8, 4) is 17.8 Å².